The molecule has 0 saturated heterocycles. The highest BCUT2D eigenvalue weighted by atomic mass is 14.1. The van der Waals surface area contributed by atoms with E-state index in [9.17, 15) is 0 Å². The zero-order chi connectivity index (χ0) is 15.8. The summed E-state index contributed by atoms with van der Waals surface area (Å²) in [6, 6.07) is 0. The molecule has 0 heterocycles. The third kappa shape index (κ3) is 14.4. The first-order valence-electron chi connectivity index (χ1n) is 9.85. The predicted octanol–water partition coefficient (Wildman–Crippen LogP) is 8.07. The van der Waals surface area contributed by atoms with Gasteiger partial charge in [0.25, 0.3) is 0 Å². The molecular formula is C21H42. The Balaban J connectivity index is 3.12. The molecule has 0 aromatic heterocycles. The zero-order valence-electron chi connectivity index (χ0n) is 15.6. The van der Waals surface area contributed by atoms with E-state index < -0.39 is 0 Å². The summed E-state index contributed by atoms with van der Waals surface area (Å²) in [4.78, 5) is 0. The van der Waals surface area contributed by atoms with Crippen LogP contribution in [0.2, 0.25) is 0 Å². The average molecular weight is 295 g/mol. The normalized spacial score (nSPS) is 13.6. The van der Waals surface area contributed by atoms with Crippen LogP contribution in [0.5, 0.6) is 0 Å². The van der Waals surface area contributed by atoms with Crippen molar-refractivity contribution in [1.29, 1.82) is 0 Å². The van der Waals surface area contributed by atoms with E-state index in [2.05, 4.69) is 33.8 Å². The summed E-state index contributed by atoms with van der Waals surface area (Å²) in [6.45, 7) is 9.10. The van der Waals surface area contributed by atoms with Crippen LogP contribution in [0.25, 0.3) is 0 Å². The Bertz CT molecular complexity index is 226. The highest BCUT2D eigenvalue weighted by molar-refractivity contribution is 4.99. The fraction of sp³-hybridized carbons (Fsp3) is 0.905. The van der Waals surface area contributed by atoms with Gasteiger partial charge in [-0.2, -0.15) is 0 Å². The standard InChI is InChI=1S/C21H42/c1-5-7-8-9-10-11-12-13-14-15-16-17-18-19-21(4)20(3)6-2/h6,21H,5,7-19H2,1-4H3. The van der Waals surface area contributed by atoms with Gasteiger partial charge < -0.3 is 0 Å². The maximum Gasteiger partial charge on any atom is -0.0235 e. The highest BCUT2D eigenvalue weighted by Gasteiger charge is 2.02. The smallest absolute Gasteiger partial charge is 0.0235 e. The van der Waals surface area contributed by atoms with Crippen LogP contribution in [0.15, 0.2) is 11.6 Å². The van der Waals surface area contributed by atoms with Crippen LogP contribution in [-0.4, -0.2) is 0 Å². The van der Waals surface area contributed by atoms with Crippen molar-refractivity contribution >= 4 is 0 Å². The van der Waals surface area contributed by atoms with Gasteiger partial charge in [-0.3, -0.25) is 0 Å². The van der Waals surface area contributed by atoms with E-state index >= 15 is 0 Å². The molecular weight excluding hydrogens is 252 g/mol. The third-order valence-corrected chi connectivity index (χ3v) is 4.97. The lowest BCUT2D eigenvalue weighted by Crippen LogP contribution is -1.96. The van der Waals surface area contributed by atoms with E-state index in [0.717, 1.165) is 5.92 Å². The molecule has 0 radical (unpaired) electrons. The van der Waals surface area contributed by atoms with E-state index in [1.165, 1.54) is 89.9 Å². The Morgan fingerprint density at radius 1 is 0.714 bits per heavy atom. The van der Waals surface area contributed by atoms with Gasteiger partial charge >= 0.3 is 0 Å². The van der Waals surface area contributed by atoms with Gasteiger partial charge in [0.15, 0.2) is 0 Å². The summed E-state index contributed by atoms with van der Waals surface area (Å²) < 4.78 is 0. The molecule has 0 aromatic carbocycles. The summed E-state index contributed by atoms with van der Waals surface area (Å²) >= 11 is 0. The lowest BCUT2D eigenvalue weighted by atomic mass is 9.95. The third-order valence-electron chi connectivity index (χ3n) is 4.97. The highest BCUT2D eigenvalue weighted by Crippen LogP contribution is 2.18. The Morgan fingerprint density at radius 2 is 1.10 bits per heavy atom. The molecule has 0 aliphatic heterocycles. The minimum atomic E-state index is 0.794. The van der Waals surface area contributed by atoms with Crippen LogP contribution in [0.4, 0.5) is 0 Å². The number of rotatable bonds is 15. The SMILES string of the molecule is CC=C(C)C(C)CCCCCCCCCCCCCCC. The number of allylic oxidation sites excluding steroid dienone is 2. The lowest BCUT2D eigenvalue weighted by molar-refractivity contribution is 0.512. The molecule has 0 amide bonds. The zero-order valence-corrected chi connectivity index (χ0v) is 15.6. The van der Waals surface area contributed by atoms with Crippen molar-refractivity contribution in [3.05, 3.63) is 11.6 Å². The molecule has 21 heavy (non-hydrogen) atoms. The second kappa shape index (κ2) is 16.1. The van der Waals surface area contributed by atoms with Crippen LogP contribution in [-0.2, 0) is 0 Å². The molecule has 1 atom stereocenters. The summed E-state index contributed by atoms with van der Waals surface area (Å²) in [6.07, 6.45) is 22.5. The Morgan fingerprint density at radius 3 is 1.48 bits per heavy atom. The van der Waals surface area contributed by atoms with Crippen molar-refractivity contribution in [2.24, 2.45) is 5.92 Å². The van der Waals surface area contributed by atoms with Crippen LogP contribution < -0.4 is 0 Å². The first kappa shape index (κ1) is 20.7. The van der Waals surface area contributed by atoms with Crippen LogP contribution in [0, 0.1) is 5.92 Å². The van der Waals surface area contributed by atoms with E-state index in [1.54, 1.807) is 5.57 Å². The molecule has 0 aliphatic rings. The second-order valence-corrected chi connectivity index (χ2v) is 6.97. The molecule has 1 unspecified atom stereocenters. The Labute approximate surface area is 135 Å². The molecule has 0 aromatic rings. The van der Waals surface area contributed by atoms with Gasteiger partial charge in [-0.15, -0.1) is 0 Å². The average Bonchev–Trinajstić information content (AvgIpc) is 2.50. The molecule has 0 nitrogen and oxygen atoms in total. The van der Waals surface area contributed by atoms with Crippen LogP contribution >= 0.6 is 0 Å². The predicted molar refractivity (Wildman–Crippen MR) is 98.9 cm³/mol. The van der Waals surface area contributed by atoms with Gasteiger partial charge in [0.1, 0.15) is 0 Å². The van der Waals surface area contributed by atoms with Gasteiger partial charge in [-0.25, -0.2) is 0 Å². The molecule has 0 aliphatic carbocycles. The van der Waals surface area contributed by atoms with Crippen molar-refractivity contribution < 1.29 is 0 Å². The molecule has 0 spiro atoms. The molecule has 0 N–H and O–H groups in total. The Hall–Kier alpha value is -0.260. The molecule has 0 fully saturated rings. The molecule has 0 rings (SSSR count). The summed E-state index contributed by atoms with van der Waals surface area (Å²) in [5.74, 6) is 0.794. The first-order valence-corrected chi connectivity index (χ1v) is 9.85. The van der Waals surface area contributed by atoms with Crippen molar-refractivity contribution in [1.82, 2.24) is 0 Å². The minimum absolute atomic E-state index is 0.794. The maximum atomic E-state index is 2.37. The monoisotopic (exact) mass is 294 g/mol. The minimum Gasteiger partial charge on any atom is -0.0885 e. The first-order chi connectivity index (χ1) is 10.2. The van der Waals surface area contributed by atoms with Crippen LogP contribution in [0.3, 0.4) is 0 Å². The van der Waals surface area contributed by atoms with Crippen molar-refractivity contribution in [3.63, 3.8) is 0 Å². The number of hydrogen-bond donors (Lipinski definition) is 0. The van der Waals surface area contributed by atoms with Crippen molar-refractivity contribution in [2.75, 3.05) is 0 Å². The fourth-order valence-electron chi connectivity index (χ4n) is 2.98. The maximum absolute atomic E-state index is 2.37. The Kier molecular flexibility index (Phi) is 15.9. The summed E-state index contributed by atoms with van der Waals surface area (Å²) in [5, 5.41) is 0. The van der Waals surface area contributed by atoms with Gasteiger partial charge in [0.2, 0.25) is 0 Å². The summed E-state index contributed by atoms with van der Waals surface area (Å²) in [5.41, 5.74) is 1.56. The van der Waals surface area contributed by atoms with Gasteiger partial charge in [0.05, 0.1) is 0 Å². The van der Waals surface area contributed by atoms with E-state index in [-0.39, 0.29) is 0 Å². The largest absolute Gasteiger partial charge is 0.0885 e. The van der Waals surface area contributed by atoms with Gasteiger partial charge in [-0.1, -0.05) is 109 Å². The van der Waals surface area contributed by atoms with Gasteiger partial charge in [0, 0.05) is 0 Å². The van der Waals surface area contributed by atoms with Gasteiger partial charge in [-0.05, 0) is 26.2 Å². The topological polar surface area (TPSA) is 0 Å². The van der Waals surface area contributed by atoms with E-state index in [1.807, 2.05) is 0 Å². The molecule has 0 bridgehead atoms. The lowest BCUT2D eigenvalue weighted by Gasteiger charge is -2.11. The molecule has 0 saturated carbocycles. The van der Waals surface area contributed by atoms with Crippen molar-refractivity contribution in [3.8, 4) is 0 Å². The molecule has 126 valence electrons. The van der Waals surface area contributed by atoms with E-state index in [0.29, 0.717) is 0 Å². The number of hydrogen-bond acceptors (Lipinski definition) is 0. The van der Waals surface area contributed by atoms with Crippen LogP contribution in [0.1, 0.15) is 118 Å². The molecule has 0 heteroatoms. The number of unbranched alkanes of at least 4 members (excludes halogenated alkanes) is 12. The summed E-state index contributed by atoms with van der Waals surface area (Å²) in [7, 11) is 0. The fourth-order valence-corrected chi connectivity index (χ4v) is 2.98. The van der Waals surface area contributed by atoms with Crippen molar-refractivity contribution in [2.45, 2.75) is 118 Å². The quantitative estimate of drug-likeness (QED) is 0.211. The van der Waals surface area contributed by atoms with E-state index in [4.69, 9.17) is 0 Å². The second-order valence-electron chi connectivity index (χ2n) is 6.97.